The van der Waals surface area contributed by atoms with Crippen LogP contribution in [0.1, 0.15) is 26.2 Å². The van der Waals surface area contributed by atoms with Gasteiger partial charge in [-0.05, 0) is 12.3 Å². The van der Waals surface area contributed by atoms with E-state index < -0.39 is 0 Å². The average Bonchev–Trinajstić information content (AvgIpc) is 2.85. The van der Waals surface area contributed by atoms with Crippen LogP contribution >= 0.6 is 0 Å². The number of rotatable bonds is 8. The van der Waals surface area contributed by atoms with E-state index in [1.54, 1.807) is 17.1 Å². The standard InChI is InChI=1S/C11H20N4O2/c1-2-10(4-8-16)9-12-11(17)3-6-15-7-5-13-14-15/h5,7,10,16H,2-4,6,8-9H2,1H3,(H,12,17). The molecule has 0 saturated carbocycles. The molecule has 0 bridgehead atoms. The van der Waals surface area contributed by atoms with Gasteiger partial charge in [-0.2, -0.15) is 0 Å². The topological polar surface area (TPSA) is 80.0 Å². The fourth-order valence-electron chi connectivity index (χ4n) is 1.55. The third kappa shape index (κ3) is 5.44. The average molecular weight is 240 g/mol. The van der Waals surface area contributed by atoms with Crippen molar-refractivity contribution in [1.29, 1.82) is 0 Å². The van der Waals surface area contributed by atoms with Crippen LogP contribution in [-0.2, 0) is 11.3 Å². The van der Waals surface area contributed by atoms with Crippen molar-refractivity contribution in [2.75, 3.05) is 13.2 Å². The zero-order valence-corrected chi connectivity index (χ0v) is 10.2. The van der Waals surface area contributed by atoms with Crippen molar-refractivity contribution in [3.05, 3.63) is 12.4 Å². The van der Waals surface area contributed by atoms with Crippen molar-refractivity contribution < 1.29 is 9.90 Å². The Morgan fingerprint density at radius 2 is 2.41 bits per heavy atom. The van der Waals surface area contributed by atoms with Crippen LogP contribution in [0.15, 0.2) is 12.4 Å². The Morgan fingerprint density at radius 3 is 3.00 bits per heavy atom. The van der Waals surface area contributed by atoms with Gasteiger partial charge in [0.25, 0.3) is 0 Å². The van der Waals surface area contributed by atoms with Crippen LogP contribution in [0.5, 0.6) is 0 Å². The Labute approximate surface area is 101 Å². The van der Waals surface area contributed by atoms with Gasteiger partial charge < -0.3 is 10.4 Å². The zero-order valence-electron chi connectivity index (χ0n) is 10.2. The molecule has 0 fully saturated rings. The molecule has 0 aliphatic heterocycles. The molecule has 1 aromatic rings. The summed E-state index contributed by atoms with van der Waals surface area (Å²) in [5.74, 6) is 0.368. The van der Waals surface area contributed by atoms with Crippen molar-refractivity contribution in [3.8, 4) is 0 Å². The smallest absolute Gasteiger partial charge is 0.221 e. The summed E-state index contributed by atoms with van der Waals surface area (Å²) in [6, 6.07) is 0. The molecule has 0 spiro atoms. The minimum atomic E-state index is 0.0110. The summed E-state index contributed by atoms with van der Waals surface area (Å²) in [7, 11) is 0. The molecule has 1 heterocycles. The molecule has 0 saturated heterocycles. The van der Waals surface area contributed by atoms with Gasteiger partial charge in [-0.15, -0.1) is 5.10 Å². The van der Waals surface area contributed by atoms with E-state index >= 15 is 0 Å². The number of nitrogens with zero attached hydrogens (tertiary/aromatic N) is 3. The molecule has 0 aromatic carbocycles. The van der Waals surface area contributed by atoms with Gasteiger partial charge in [0.15, 0.2) is 0 Å². The molecule has 0 radical (unpaired) electrons. The Kier molecular flexibility index (Phi) is 6.24. The minimum Gasteiger partial charge on any atom is -0.396 e. The lowest BCUT2D eigenvalue weighted by molar-refractivity contribution is -0.121. The van der Waals surface area contributed by atoms with E-state index in [0.717, 1.165) is 12.8 Å². The number of nitrogens with one attached hydrogen (secondary N) is 1. The summed E-state index contributed by atoms with van der Waals surface area (Å²) in [6.07, 6.45) is 5.42. The molecular formula is C11H20N4O2. The zero-order chi connectivity index (χ0) is 12.5. The highest BCUT2D eigenvalue weighted by atomic mass is 16.3. The first-order valence-electron chi connectivity index (χ1n) is 5.98. The van der Waals surface area contributed by atoms with Gasteiger partial charge in [0.05, 0.1) is 12.7 Å². The first kappa shape index (κ1) is 13.6. The third-order valence-electron chi connectivity index (χ3n) is 2.74. The summed E-state index contributed by atoms with van der Waals surface area (Å²) >= 11 is 0. The fraction of sp³-hybridized carbons (Fsp3) is 0.727. The summed E-state index contributed by atoms with van der Waals surface area (Å²) in [4.78, 5) is 11.5. The Morgan fingerprint density at radius 1 is 1.59 bits per heavy atom. The summed E-state index contributed by atoms with van der Waals surface area (Å²) in [6.45, 7) is 3.41. The Balaban J connectivity index is 2.16. The fourth-order valence-corrected chi connectivity index (χ4v) is 1.55. The second-order valence-corrected chi connectivity index (χ2v) is 4.01. The van der Waals surface area contributed by atoms with Crippen molar-refractivity contribution in [1.82, 2.24) is 20.3 Å². The second kappa shape index (κ2) is 7.78. The van der Waals surface area contributed by atoms with Crippen LogP contribution in [0.2, 0.25) is 0 Å². The molecule has 0 aliphatic carbocycles. The lowest BCUT2D eigenvalue weighted by Gasteiger charge is -2.14. The van der Waals surface area contributed by atoms with E-state index in [2.05, 4.69) is 22.6 Å². The highest BCUT2D eigenvalue weighted by Crippen LogP contribution is 2.05. The minimum absolute atomic E-state index is 0.0110. The van der Waals surface area contributed by atoms with E-state index in [1.165, 1.54) is 0 Å². The predicted molar refractivity (Wildman–Crippen MR) is 63.1 cm³/mol. The van der Waals surface area contributed by atoms with E-state index in [4.69, 9.17) is 5.11 Å². The molecule has 1 unspecified atom stereocenters. The number of amides is 1. The van der Waals surface area contributed by atoms with E-state index in [1.807, 2.05) is 0 Å². The van der Waals surface area contributed by atoms with Crippen LogP contribution in [0.25, 0.3) is 0 Å². The van der Waals surface area contributed by atoms with Gasteiger partial charge in [-0.25, -0.2) is 0 Å². The van der Waals surface area contributed by atoms with Gasteiger partial charge in [0.1, 0.15) is 0 Å². The van der Waals surface area contributed by atoms with Crippen LogP contribution in [0.4, 0.5) is 0 Å². The quantitative estimate of drug-likeness (QED) is 0.680. The maximum atomic E-state index is 11.5. The first-order chi connectivity index (χ1) is 8.26. The normalized spacial score (nSPS) is 12.4. The number of hydrogen-bond donors (Lipinski definition) is 2. The summed E-state index contributed by atoms with van der Waals surface area (Å²) in [5.41, 5.74) is 0. The van der Waals surface area contributed by atoms with E-state index in [9.17, 15) is 4.79 Å². The maximum absolute atomic E-state index is 11.5. The van der Waals surface area contributed by atoms with E-state index in [0.29, 0.717) is 25.4 Å². The second-order valence-electron chi connectivity index (χ2n) is 4.01. The maximum Gasteiger partial charge on any atom is 0.221 e. The molecule has 96 valence electrons. The number of hydrogen-bond acceptors (Lipinski definition) is 4. The van der Waals surface area contributed by atoms with Crippen molar-refractivity contribution in [2.45, 2.75) is 32.7 Å². The monoisotopic (exact) mass is 240 g/mol. The third-order valence-corrected chi connectivity index (χ3v) is 2.74. The van der Waals surface area contributed by atoms with E-state index in [-0.39, 0.29) is 12.5 Å². The molecular weight excluding hydrogens is 220 g/mol. The van der Waals surface area contributed by atoms with Gasteiger partial charge >= 0.3 is 0 Å². The number of carbonyl (C=O) groups excluding carboxylic acids is 1. The van der Waals surface area contributed by atoms with Crippen molar-refractivity contribution in [3.63, 3.8) is 0 Å². The molecule has 6 nitrogen and oxygen atoms in total. The highest BCUT2D eigenvalue weighted by Gasteiger charge is 2.08. The molecule has 1 amide bonds. The number of aryl methyl sites for hydroxylation is 1. The van der Waals surface area contributed by atoms with Crippen molar-refractivity contribution >= 4 is 5.91 Å². The first-order valence-corrected chi connectivity index (χ1v) is 5.98. The van der Waals surface area contributed by atoms with Crippen LogP contribution in [0.3, 0.4) is 0 Å². The van der Waals surface area contributed by atoms with Gasteiger partial charge in [-0.3, -0.25) is 9.48 Å². The van der Waals surface area contributed by atoms with Crippen LogP contribution < -0.4 is 5.32 Å². The molecule has 1 atom stereocenters. The summed E-state index contributed by atoms with van der Waals surface area (Å²) < 4.78 is 1.63. The number of aliphatic hydroxyl groups excluding tert-OH is 1. The van der Waals surface area contributed by atoms with Crippen LogP contribution in [-0.4, -0.2) is 39.2 Å². The lowest BCUT2D eigenvalue weighted by Crippen LogP contribution is -2.30. The van der Waals surface area contributed by atoms with Gasteiger partial charge in [0.2, 0.25) is 5.91 Å². The lowest BCUT2D eigenvalue weighted by atomic mass is 10.0. The Hall–Kier alpha value is -1.43. The molecule has 0 aliphatic rings. The SMILES string of the molecule is CCC(CCO)CNC(=O)CCn1ccnn1. The summed E-state index contributed by atoms with van der Waals surface area (Å²) in [5, 5.41) is 19.1. The molecule has 6 heteroatoms. The molecule has 2 N–H and O–H groups in total. The molecule has 1 aromatic heterocycles. The van der Waals surface area contributed by atoms with Gasteiger partial charge in [0, 0.05) is 25.8 Å². The number of carbonyl (C=O) groups is 1. The van der Waals surface area contributed by atoms with Crippen molar-refractivity contribution in [2.24, 2.45) is 5.92 Å². The number of aromatic nitrogens is 3. The number of aliphatic hydroxyl groups is 1. The Bertz CT molecular complexity index is 313. The predicted octanol–water partition coefficient (Wildman–Crippen LogP) is 0.193. The highest BCUT2D eigenvalue weighted by molar-refractivity contribution is 5.75. The largest absolute Gasteiger partial charge is 0.396 e. The van der Waals surface area contributed by atoms with Crippen LogP contribution in [0, 0.1) is 5.92 Å². The molecule has 1 rings (SSSR count). The molecule has 17 heavy (non-hydrogen) atoms. The van der Waals surface area contributed by atoms with Gasteiger partial charge in [-0.1, -0.05) is 18.6 Å².